The largest absolute Gasteiger partial charge is 0.396 e. The number of thiazole rings is 1. The Hall–Kier alpha value is -0.980. The molecule has 1 atom stereocenters. The Kier molecular flexibility index (Phi) is 5.25. The van der Waals surface area contributed by atoms with Crippen LogP contribution < -0.4 is 11.1 Å². The van der Waals surface area contributed by atoms with Gasteiger partial charge < -0.3 is 16.2 Å². The molecule has 0 aromatic carbocycles. The van der Waals surface area contributed by atoms with Gasteiger partial charge in [-0.2, -0.15) is 0 Å². The standard InChI is InChI=1S/C12H21N3O2S/c1-12(2,3)9(4-5-16)15-11(17)8-7-18-10(6-13)14-8/h7,9,16H,4-6,13H2,1-3H3,(H,15,17). The van der Waals surface area contributed by atoms with Gasteiger partial charge in [0.25, 0.3) is 5.91 Å². The van der Waals surface area contributed by atoms with E-state index in [0.29, 0.717) is 18.7 Å². The Labute approximate surface area is 111 Å². The zero-order chi connectivity index (χ0) is 13.8. The molecule has 0 saturated carbocycles. The molecule has 6 heteroatoms. The maximum absolute atomic E-state index is 12.0. The van der Waals surface area contributed by atoms with Gasteiger partial charge in [0.2, 0.25) is 0 Å². The average Bonchev–Trinajstić information content (AvgIpc) is 2.75. The molecular formula is C12H21N3O2S. The molecule has 0 spiro atoms. The fourth-order valence-electron chi connectivity index (χ4n) is 1.59. The maximum atomic E-state index is 12.0. The zero-order valence-corrected chi connectivity index (χ0v) is 11.9. The first-order valence-electron chi connectivity index (χ1n) is 5.94. The minimum atomic E-state index is -0.209. The molecule has 18 heavy (non-hydrogen) atoms. The number of carbonyl (C=O) groups is 1. The van der Waals surface area contributed by atoms with Crippen molar-refractivity contribution >= 4 is 17.2 Å². The van der Waals surface area contributed by atoms with Crippen LogP contribution in [0.5, 0.6) is 0 Å². The highest BCUT2D eigenvalue weighted by Crippen LogP contribution is 2.22. The first-order chi connectivity index (χ1) is 8.38. The summed E-state index contributed by atoms with van der Waals surface area (Å²) in [6.45, 7) is 6.48. The Balaban J connectivity index is 2.72. The Bertz CT molecular complexity index is 398. The van der Waals surface area contributed by atoms with Crippen molar-refractivity contribution in [3.63, 3.8) is 0 Å². The molecule has 0 aliphatic carbocycles. The predicted molar refractivity (Wildman–Crippen MR) is 72.4 cm³/mol. The molecule has 5 nitrogen and oxygen atoms in total. The molecule has 1 unspecified atom stereocenters. The molecule has 0 saturated heterocycles. The zero-order valence-electron chi connectivity index (χ0n) is 11.1. The van der Waals surface area contributed by atoms with Gasteiger partial charge >= 0.3 is 0 Å². The highest BCUT2D eigenvalue weighted by molar-refractivity contribution is 7.09. The fourth-order valence-corrected chi connectivity index (χ4v) is 2.25. The van der Waals surface area contributed by atoms with Crippen LogP contribution in [0.15, 0.2) is 5.38 Å². The van der Waals surface area contributed by atoms with Gasteiger partial charge in [0.1, 0.15) is 10.7 Å². The number of aromatic nitrogens is 1. The van der Waals surface area contributed by atoms with E-state index in [1.807, 2.05) is 20.8 Å². The summed E-state index contributed by atoms with van der Waals surface area (Å²) in [5, 5.41) is 14.4. The van der Waals surface area contributed by atoms with Crippen molar-refractivity contribution in [1.82, 2.24) is 10.3 Å². The highest BCUT2D eigenvalue weighted by atomic mass is 32.1. The number of aliphatic hydroxyl groups is 1. The summed E-state index contributed by atoms with van der Waals surface area (Å²) in [6, 6.07) is -0.0852. The van der Waals surface area contributed by atoms with Gasteiger partial charge in [-0.25, -0.2) is 4.98 Å². The van der Waals surface area contributed by atoms with Gasteiger partial charge in [-0.05, 0) is 11.8 Å². The van der Waals surface area contributed by atoms with E-state index in [2.05, 4.69) is 10.3 Å². The number of rotatable bonds is 5. The summed E-state index contributed by atoms with van der Waals surface area (Å²) < 4.78 is 0. The number of nitrogens with zero attached hydrogens (tertiary/aromatic N) is 1. The first-order valence-corrected chi connectivity index (χ1v) is 6.82. The highest BCUT2D eigenvalue weighted by Gasteiger charge is 2.26. The van der Waals surface area contributed by atoms with Crippen LogP contribution in [-0.2, 0) is 6.54 Å². The van der Waals surface area contributed by atoms with E-state index in [4.69, 9.17) is 10.8 Å². The maximum Gasteiger partial charge on any atom is 0.270 e. The topological polar surface area (TPSA) is 88.2 Å². The minimum Gasteiger partial charge on any atom is -0.396 e. The van der Waals surface area contributed by atoms with Crippen LogP contribution in [0.2, 0.25) is 0 Å². The normalized spacial score (nSPS) is 13.4. The van der Waals surface area contributed by atoms with Crippen LogP contribution in [0.4, 0.5) is 0 Å². The second-order valence-corrected chi connectivity index (χ2v) is 6.18. The molecule has 1 heterocycles. The van der Waals surface area contributed by atoms with E-state index in [1.54, 1.807) is 5.38 Å². The van der Waals surface area contributed by atoms with Gasteiger partial charge in [-0.1, -0.05) is 20.8 Å². The smallest absolute Gasteiger partial charge is 0.270 e. The van der Waals surface area contributed by atoms with Crippen LogP contribution in [0.3, 0.4) is 0 Å². The van der Waals surface area contributed by atoms with Crippen molar-refractivity contribution in [2.45, 2.75) is 39.8 Å². The fraction of sp³-hybridized carbons (Fsp3) is 0.667. The van der Waals surface area contributed by atoms with Crippen molar-refractivity contribution in [2.24, 2.45) is 11.1 Å². The number of nitrogens with one attached hydrogen (secondary N) is 1. The number of aliphatic hydroxyl groups excluding tert-OH is 1. The first kappa shape index (κ1) is 15.1. The van der Waals surface area contributed by atoms with Crippen LogP contribution in [0, 0.1) is 5.41 Å². The molecule has 4 N–H and O–H groups in total. The van der Waals surface area contributed by atoms with Crippen molar-refractivity contribution in [2.75, 3.05) is 6.61 Å². The third-order valence-corrected chi connectivity index (χ3v) is 3.60. The van der Waals surface area contributed by atoms with Gasteiger partial charge in [0.05, 0.1) is 0 Å². The quantitative estimate of drug-likeness (QED) is 0.749. The molecule has 0 aliphatic rings. The molecule has 102 valence electrons. The lowest BCUT2D eigenvalue weighted by atomic mass is 9.85. The van der Waals surface area contributed by atoms with E-state index >= 15 is 0 Å². The molecule has 1 amide bonds. The molecule has 0 fully saturated rings. The third-order valence-electron chi connectivity index (χ3n) is 2.73. The van der Waals surface area contributed by atoms with Gasteiger partial charge in [-0.3, -0.25) is 4.79 Å². The van der Waals surface area contributed by atoms with Crippen molar-refractivity contribution in [3.05, 3.63) is 16.1 Å². The van der Waals surface area contributed by atoms with Crippen LogP contribution in [0.1, 0.15) is 42.7 Å². The lowest BCUT2D eigenvalue weighted by Gasteiger charge is -2.30. The second-order valence-electron chi connectivity index (χ2n) is 5.23. The third kappa shape index (κ3) is 4.04. The summed E-state index contributed by atoms with van der Waals surface area (Å²) in [5.41, 5.74) is 5.75. The van der Waals surface area contributed by atoms with Crippen molar-refractivity contribution in [3.8, 4) is 0 Å². The lowest BCUT2D eigenvalue weighted by molar-refractivity contribution is 0.0880. The molecule has 1 aromatic rings. The monoisotopic (exact) mass is 271 g/mol. The number of nitrogens with two attached hydrogens (primary N) is 1. The summed E-state index contributed by atoms with van der Waals surface area (Å²) in [4.78, 5) is 16.2. The average molecular weight is 271 g/mol. The van der Waals surface area contributed by atoms with E-state index in [0.717, 1.165) is 5.01 Å². The van der Waals surface area contributed by atoms with Crippen molar-refractivity contribution < 1.29 is 9.90 Å². The van der Waals surface area contributed by atoms with E-state index in [9.17, 15) is 4.79 Å². The minimum absolute atomic E-state index is 0.0489. The molecule has 0 bridgehead atoms. The molecule has 1 rings (SSSR count). The number of carbonyl (C=O) groups excluding carboxylic acids is 1. The van der Waals surface area contributed by atoms with Crippen LogP contribution >= 0.6 is 11.3 Å². The summed E-state index contributed by atoms with van der Waals surface area (Å²) in [5.74, 6) is -0.209. The second kappa shape index (κ2) is 6.26. The van der Waals surface area contributed by atoms with E-state index in [-0.39, 0.29) is 24.0 Å². The van der Waals surface area contributed by atoms with E-state index in [1.165, 1.54) is 11.3 Å². The molecular weight excluding hydrogens is 250 g/mol. The van der Waals surface area contributed by atoms with E-state index < -0.39 is 0 Å². The van der Waals surface area contributed by atoms with Crippen LogP contribution in [-0.4, -0.2) is 28.6 Å². The summed E-state index contributed by atoms with van der Waals surface area (Å²) in [7, 11) is 0. The Morgan fingerprint density at radius 3 is 2.72 bits per heavy atom. The summed E-state index contributed by atoms with van der Waals surface area (Å²) in [6.07, 6.45) is 0.531. The van der Waals surface area contributed by atoms with Gasteiger partial charge in [-0.15, -0.1) is 11.3 Å². The Morgan fingerprint density at radius 1 is 1.61 bits per heavy atom. The molecule has 1 aromatic heterocycles. The molecule has 0 aliphatic heterocycles. The summed E-state index contributed by atoms with van der Waals surface area (Å²) >= 11 is 1.38. The SMILES string of the molecule is CC(C)(C)C(CCO)NC(=O)c1csc(CN)n1. The number of hydrogen-bond acceptors (Lipinski definition) is 5. The number of amides is 1. The lowest BCUT2D eigenvalue weighted by Crippen LogP contribution is -2.44. The molecule has 0 radical (unpaired) electrons. The van der Waals surface area contributed by atoms with Crippen molar-refractivity contribution in [1.29, 1.82) is 0 Å². The number of hydrogen-bond donors (Lipinski definition) is 3. The van der Waals surface area contributed by atoms with Gasteiger partial charge in [0.15, 0.2) is 0 Å². The Morgan fingerprint density at radius 2 is 2.28 bits per heavy atom. The van der Waals surface area contributed by atoms with Gasteiger partial charge in [0, 0.05) is 24.6 Å². The van der Waals surface area contributed by atoms with Crippen LogP contribution in [0.25, 0.3) is 0 Å². The predicted octanol–water partition coefficient (Wildman–Crippen LogP) is 1.13.